The zero-order valence-electron chi connectivity index (χ0n) is 47.3. The number of nitrogens with two attached hydrogens (primary N) is 2. The van der Waals surface area contributed by atoms with E-state index in [4.69, 9.17) is 11.5 Å². The number of amides is 10. The number of carbonyl (C=O) groups is 14. The first-order chi connectivity index (χ1) is 39.1. The lowest BCUT2D eigenvalue weighted by atomic mass is 9.96. The second-order valence-electron chi connectivity index (χ2n) is 20.5. The van der Waals surface area contributed by atoms with E-state index in [2.05, 4.69) is 47.9 Å². The van der Waals surface area contributed by atoms with E-state index >= 15 is 0 Å². The summed E-state index contributed by atoms with van der Waals surface area (Å²) in [5, 5.41) is 50.7. The summed E-state index contributed by atoms with van der Waals surface area (Å²) in [5.74, 6) is -16.6. The monoisotopic (exact) mass is 1170 g/mol. The van der Waals surface area contributed by atoms with Gasteiger partial charge in [0.2, 0.25) is 59.1 Å². The topological polar surface area (TPSA) is 460 Å². The Morgan fingerprint density at radius 1 is 0.494 bits per heavy atom. The highest BCUT2D eigenvalue weighted by atomic mass is 16.4. The molecule has 28 heteroatoms. The van der Waals surface area contributed by atoms with Crippen LogP contribution in [0.5, 0.6) is 0 Å². The van der Waals surface area contributed by atoms with Gasteiger partial charge >= 0.3 is 17.9 Å². The van der Waals surface area contributed by atoms with Crippen molar-refractivity contribution in [1.82, 2.24) is 47.9 Å². The van der Waals surface area contributed by atoms with E-state index in [0.717, 1.165) is 5.56 Å². The molecule has 11 atom stereocenters. The fourth-order valence-electron chi connectivity index (χ4n) is 8.15. The van der Waals surface area contributed by atoms with Crippen molar-refractivity contribution in [2.45, 2.75) is 160 Å². The van der Waals surface area contributed by atoms with Gasteiger partial charge in [0, 0.05) is 12.8 Å². The number of carboxylic acids is 3. The van der Waals surface area contributed by atoms with Crippen molar-refractivity contribution in [3.05, 3.63) is 71.8 Å². The predicted molar refractivity (Wildman–Crippen MR) is 296 cm³/mol. The van der Waals surface area contributed by atoms with Crippen molar-refractivity contribution < 1.29 is 82.4 Å². The number of aliphatic carboxylic acids is 3. The lowest BCUT2D eigenvalue weighted by Crippen LogP contribution is -2.61. The summed E-state index contributed by atoms with van der Waals surface area (Å²) in [6.07, 6.45) is -2.78. The summed E-state index contributed by atoms with van der Waals surface area (Å²) in [5.41, 5.74) is 12.2. The zero-order valence-corrected chi connectivity index (χ0v) is 47.3. The van der Waals surface area contributed by atoms with Crippen molar-refractivity contribution in [3.63, 3.8) is 0 Å². The standard InChI is InChI=1S/C55H79N11O17/c1-7-30(5)46(54(82)59-34(28-67)22-32-15-11-9-12-16-32)65-42(69)27-58-49(77)38(24-43(70)71)64-55(83)47(31(6)8-2)66-53(81)37(23-33-17-13-10-14-18-33)61-51(79)39(25-44(72)73)63-52(80)40(26-45(74)75)62-50(78)36(21-29(3)4)60-48(76)35(56)19-20-41(57)68/h9-18,28-31,34-40,46-47H,7-8,19-27,56H2,1-6H3,(H2,57,68)(H,58,77)(H,59,82)(H,60,76)(H,61,79)(H,62,78)(H,63,80)(H,64,83)(H,65,69)(H,66,81)(H,70,71)(H,72,73)(H,74,75)/t30-,31-,34-,35-,36-,37-,38-,39-,40-,46-,47-/m0/s1. The van der Waals surface area contributed by atoms with Gasteiger partial charge in [-0.05, 0) is 48.1 Å². The van der Waals surface area contributed by atoms with Crippen LogP contribution in [0.3, 0.4) is 0 Å². The van der Waals surface area contributed by atoms with E-state index in [9.17, 15) is 82.4 Å². The zero-order chi connectivity index (χ0) is 62.5. The van der Waals surface area contributed by atoms with Crippen LogP contribution in [0.1, 0.15) is 104 Å². The van der Waals surface area contributed by atoms with Crippen LogP contribution >= 0.6 is 0 Å². The molecule has 0 saturated carbocycles. The van der Waals surface area contributed by atoms with E-state index < -0.39 is 169 Å². The average Bonchev–Trinajstić information content (AvgIpc) is 3.48. The number of carboxylic acid groups (broad SMARTS) is 3. The largest absolute Gasteiger partial charge is 0.481 e. The Hall–Kier alpha value is -8.82. The number of rotatable bonds is 38. The molecule has 10 amide bonds. The van der Waals surface area contributed by atoms with Crippen LogP contribution in [0.4, 0.5) is 0 Å². The maximum absolute atomic E-state index is 14.4. The number of nitrogens with one attached hydrogen (secondary N) is 9. The minimum absolute atomic E-state index is 0.0555. The summed E-state index contributed by atoms with van der Waals surface area (Å²) in [7, 11) is 0. The molecule has 0 fully saturated rings. The lowest BCUT2D eigenvalue weighted by molar-refractivity contribution is -0.143. The molecule has 2 rings (SSSR count). The van der Waals surface area contributed by atoms with Gasteiger partial charge < -0.3 is 79.4 Å². The summed E-state index contributed by atoms with van der Waals surface area (Å²) in [6, 6.07) is 2.88. The van der Waals surface area contributed by atoms with Gasteiger partial charge in [-0.3, -0.25) is 62.3 Å². The first-order valence-corrected chi connectivity index (χ1v) is 27.0. The summed E-state index contributed by atoms with van der Waals surface area (Å²) in [6.45, 7) is 9.17. The summed E-state index contributed by atoms with van der Waals surface area (Å²) >= 11 is 0. The average molecular weight is 1170 g/mol. The van der Waals surface area contributed by atoms with E-state index in [1.165, 1.54) is 6.92 Å². The van der Waals surface area contributed by atoms with Gasteiger partial charge in [0.15, 0.2) is 0 Å². The highest BCUT2D eigenvalue weighted by Gasteiger charge is 2.37. The molecule has 0 heterocycles. The van der Waals surface area contributed by atoms with Gasteiger partial charge in [-0.25, -0.2) is 0 Å². The molecule has 83 heavy (non-hydrogen) atoms. The van der Waals surface area contributed by atoms with Crippen LogP contribution in [0.25, 0.3) is 0 Å². The van der Waals surface area contributed by atoms with Gasteiger partial charge in [-0.15, -0.1) is 0 Å². The summed E-state index contributed by atoms with van der Waals surface area (Å²) in [4.78, 5) is 182. The number of primary amides is 1. The summed E-state index contributed by atoms with van der Waals surface area (Å²) < 4.78 is 0. The molecular formula is C55H79N11O17. The third-order valence-corrected chi connectivity index (χ3v) is 13.1. The van der Waals surface area contributed by atoms with E-state index in [1.807, 2.05) is 0 Å². The molecule has 0 radical (unpaired) electrons. The Kier molecular flexibility index (Phi) is 30.3. The molecule has 456 valence electrons. The maximum Gasteiger partial charge on any atom is 0.305 e. The van der Waals surface area contributed by atoms with Gasteiger partial charge in [-0.2, -0.15) is 0 Å². The SMILES string of the molecule is CC[C@H](C)[C@H](NC(=O)CNC(=O)[C@H](CC(=O)O)NC(=O)[C@@H](NC(=O)[C@H](Cc1ccccc1)NC(=O)[C@H](CC(=O)O)NC(=O)[C@H](CC(=O)O)NC(=O)[C@H](CC(C)C)NC(=O)[C@@H](N)CCC(N)=O)[C@@H](C)CC)C(=O)N[C@H](C=O)Cc1ccccc1. The number of benzene rings is 2. The van der Waals surface area contributed by atoms with Crippen LogP contribution in [-0.2, 0) is 80.0 Å². The van der Waals surface area contributed by atoms with Gasteiger partial charge in [-0.1, -0.05) is 115 Å². The van der Waals surface area contributed by atoms with Crippen LogP contribution in [0, 0.1) is 17.8 Å². The van der Waals surface area contributed by atoms with Gasteiger partial charge in [0.05, 0.1) is 37.9 Å². The van der Waals surface area contributed by atoms with Crippen LogP contribution < -0.4 is 59.3 Å². The molecule has 2 aromatic carbocycles. The molecule has 0 spiro atoms. The fraction of sp³-hybridized carbons (Fsp3) is 0.527. The molecule has 0 saturated heterocycles. The molecule has 0 unspecified atom stereocenters. The van der Waals surface area contributed by atoms with Crippen LogP contribution in [0.2, 0.25) is 0 Å². The Morgan fingerprint density at radius 3 is 1.34 bits per heavy atom. The minimum Gasteiger partial charge on any atom is -0.481 e. The molecule has 0 aliphatic heterocycles. The molecule has 0 aliphatic carbocycles. The highest BCUT2D eigenvalue weighted by molar-refractivity contribution is 6.00. The second kappa shape index (κ2) is 35.8. The molecular weight excluding hydrogens is 1090 g/mol. The number of hydrogen-bond donors (Lipinski definition) is 14. The van der Waals surface area contributed by atoms with Crippen molar-refractivity contribution in [1.29, 1.82) is 0 Å². The molecule has 0 aliphatic rings. The molecule has 2 aromatic rings. The van der Waals surface area contributed by atoms with E-state index in [1.54, 1.807) is 95.3 Å². The third-order valence-electron chi connectivity index (χ3n) is 13.1. The maximum atomic E-state index is 14.4. The fourth-order valence-corrected chi connectivity index (χ4v) is 8.15. The highest BCUT2D eigenvalue weighted by Crippen LogP contribution is 2.14. The van der Waals surface area contributed by atoms with Crippen LogP contribution in [0.15, 0.2) is 60.7 Å². The first-order valence-electron chi connectivity index (χ1n) is 27.0. The van der Waals surface area contributed by atoms with Crippen molar-refractivity contribution in [2.24, 2.45) is 29.2 Å². The Bertz CT molecular complexity index is 2590. The molecule has 16 N–H and O–H groups in total. The van der Waals surface area contributed by atoms with Crippen LogP contribution in [-0.4, -0.2) is 160 Å². The Labute approximate surface area is 479 Å². The van der Waals surface area contributed by atoms with Crippen molar-refractivity contribution in [2.75, 3.05) is 6.54 Å². The minimum atomic E-state index is -2.06. The number of hydrogen-bond acceptors (Lipinski definition) is 15. The van der Waals surface area contributed by atoms with Gasteiger partial charge in [0.25, 0.3) is 0 Å². The van der Waals surface area contributed by atoms with Gasteiger partial charge in [0.1, 0.15) is 48.6 Å². The molecule has 0 bridgehead atoms. The second-order valence-corrected chi connectivity index (χ2v) is 20.5. The lowest BCUT2D eigenvalue weighted by Gasteiger charge is -2.29. The third kappa shape index (κ3) is 26.1. The number of aldehydes is 1. The number of carbonyl (C=O) groups excluding carboxylic acids is 11. The quantitative estimate of drug-likeness (QED) is 0.0318. The first kappa shape index (κ1) is 70.3. The van der Waals surface area contributed by atoms with Crippen molar-refractivity contribution in [3.8, 4) is 0 Å². The smallest absolute Gasteiger partial charge is 0.305 e. The molecule has 0 aromatic heterocycles. The normalized spacial score (nSPS) is 14.9. The van der Waals surface area contributed by atoms with E-state index in [-0.39, 0.29) is 44.4 Å². The predicted octanol–water partition coefficient (Wildman–Crippen LogP) is -2.18. The van der Waals surface area contributed by atoms with Crippen molar-refractivity contribution >= 4 is 83.3 Å². The molecule has 28 nitrogen and oxygen atoms in total. The Morgan fingerprint density at radius 2 is 0.892 bits per heavy atom. The van der Waals surface area contributed by atoms with E-state index in [0.29, 0.717) is 18.3 Å². The Balaban J connectivity index is 2.38.